The average molecular weight is 288 g/mol. The molecule has 0 spiro atoms. The van der Waals surface area contributed by atoms with Crippen LogP contribution >= 0.6 is 0 Å². The van der Waals surface area contributed by atoms with E-state index in [0.717, 1.165) is 37.2 Å². The predicted molar refractivity (Wildman–Crippen MR) is 83.7 cm³/mol. The zero-order chi connectivity index (χ0) is 15.1. The lowest BCUT2D eigenvalue weighted by Crippen LogP contribution is -2.27. The van der Waals surface area contributed by atoms with Crippen molar-refractivity contribution in [3.63, 3.8) is 0 Å². The Morgan fingerprint density at radius 1 is 1.33 bits per heavy atom. The highest BCUT2D eigenvalue weighted by Gasteiger charge is 2.13. The van der Waals surface area contributed by atoms with Gasteiger partial charge in [0.05, 0.1) is 12.3 Å². The fraction of sp³-hybridized carbons (Fsp3) is 0.500. The third kappa shape index (κ3) is 4.37. The van der Waals surface area contributed by atoms with Gasteiger partial charge >= 0.3 is 0 Å². The van der Waals surface area contributed by atoms with Crippen molar-refractivity contribution in [2.24, 2.45) is 7.05 Å². The maximum Gasteiger partial charge on any atom is 0.0983 e. The van der Waals surface area contributed by atoms with Crippen LogP contribution in [0.5, 0.6) is 0 Å². The fourth-order valence-corrected chi connectivity index (χ4v) is 2.43. The molecule has 0 amide bonds. The molecular weight excluding hydrogens is 264 g/mol. The minimum Gasteiger partial charge on any atom is -0.395 e. The van der Waals surface area contributed by atoms with E-state index in [1.54, 1.807) is 6.20 Å². The Hall–Kier alpha value is -1.72. The van der Waals surface area contributed by atoms with Crippen LogP contribution in [0.1, 0.15) is 25.3 Å². The number of hydrogen-bond donors (Lipinski definition) is 1. The van der Waals surface area contributed by atoms with E-state index in [2.05, 4.69) is 28.1 Å². The number of aliphatic hydroxyl groups excluding tert-OH is 1. The molecule has 21 heavy (non-hydrogen) atoms. The number of pyridine rings is 1. The van der Waals surface area contributed by atoms with Gasteiger partial charge in [-0.25, -0.2) is 0 Å². The SMILES string of the molecule is CCCCN(CCO)Cc1cn(C)nc1-c1cccnc1. The quantitative estimate of drug-likeness (QED) is 0.808. The van der Waals surface area contributed by atoms with Gasteiger partial charge in [-0.2, -0.15) is 5.10 Å². The number of rotatable bonds is 8. The van der Waals surface area contributed by atoms with E-state index < -0.39 is 0 Å². The van der Waals surface area contributed by atoms with Crippen LogP contribution in [0.4, 0.5) is 0 Å². The van der Waals surface area contributed by atoms with E-state index in [4.69, 9.17) is 0 Å². The van der Waals surface area contributed by atoms with E-state index in [0.29, 0.717) is 6.54 Å². The van der Waals surface area contributed by atoms with Gasteiger partial charge in [0.25, 0.3) is 0 Å². The summed E-state index contributed by atoms with van der Waals surface area (Å²) in [6.45, 7) is 4.87. The highest BCUT2D eigenvalue weighted by atomic mass is 16.3. The average Bonchev–Trinajstić information content (AvgIpc) is 2.86. The molecule has 0 aliphatic rings. The van der Waals surface area contributed by atoms with Crippen molar-refractivity contribution in [2.75, 3.05) is 19.7 Å². The Balaban J connectivity index is 2.19. The largest absolute Gasteiger partial charge is 0.395 e. The Morgan fingerprint density at radius 2 is 2.19 bits per heavy atom. The van der Waals surface area contributed by atoms with E-state index in [1.165, 1.54) is 5.56 Å². The summed E-state index contributed by atoms with van der Waals surface area (Å²) in [5.74, 6) is 0. The molecule has 0 bridgehead atoms. The van der Waals surface area contributed by atoms with Crippen LogP contribution in [-0.2, 0) is 13.6 Å². The van der Waals surface area contributed by atoms with Crippen LogP contribution in [0.25, 0.3) is 11.3 Å². The third-order valence-electron chi connectivity index (χ3n) is 3.48. The number of aromatic nitrogens is 3. The molecule has 2 rings (SSSR count). The molecule has 0 unspecified atom stereocenters. The minimum absolute atomic E-state index is 0.187. The van der Waals surface area contributed by atoms with Crippen LogP contribution in [0, 0.1) is 0 Å². The van der Waals surface area contributed by atoms with E-state index in [1.807, 2.05) is 30.1 Å². The van der Waals surface area contributed by atoms with Crippen molar-refractivity contribution in [2.45, 2.75) is 26.3 Å². The molecule has 0 aromatic carbocycles. The fourth-order valence-electron chi connectivity index (χ4n) is 2.43. The van der Waals surface area contributed by atoms with Crippen LogP contribution < -0.4 is 0 Å². The summed E-state index contributed by atoms with van der Waals surface area (Å²) in [5.41, 5.74) is 3.19. The summed E-state index contributed by atoms with van der Waals surface area (Å²) in [6.07, 6.45) is 7.96. The van der Waals surface area contributed by atoms with Gasteiger partial charge in [-0.3, -0.25) is 14.6 Å². The topological polar surface area (TPSA) is 54.2 Å². The second kappa shape index (κ2) is 7.90. The molecule has 0 saturated heterocycles. The first kappa shape index (κ1) is 15.7. The lowest BCUT2D eigenvalue weighted by molar-refractivity contribution is 0.188. The van der Waals surface area contributed by atoms with Crippen molar-refractivity contribution in [1.82, 2.24) is 19.7 Å². The first-order valence-corrected chi connectivity index (χ1v) is 7.50. The van der Waals surface area contributed by atoms with Gasteiger partial charge in [-0.1, -0.05) is 13.3 Å². The van der Waals surface area contributed by atoms with Gasteiger partial charge in [0.2, 0.25) is 0 Å². The van der Waals surface area contributed by atoms with Crippen molar-refractivity contribution >= 4 is 0 Å². The second-order valence-electron chi connectivity index (χ2n) is 5.27. The van der Waals surface area contributed by atoms with Gasteiger partial charge in [-0.05, 0) is 25.1 Å². The molecule has 0 aliphatic heterocycles. The van der Waals surface area contributed by atoms with E-state index in [9.17, 15) is 5.11 Å². The third-order valence-corrected chi connectivity index (χ3v) is 3.48. The molecule has 2 aromatic rings. The molecule has 0 fully saturated rings. The number of aliphatic hydroxyl groups is 1. The smallest absolute Gasteiger partial charge is 0.0983 e. The number of aryl methyl sites for hydroxylation is 1. The summed E-state index contributed by atoms with van der Waals surface area (Å²) in [5, 5.41) is 13.8. The van der Waals surface area contributed by atoms with Crippen molar-refractivity contribution < 1.29 is 5.11 Å². The standard InChI is InChI=1S/C16H24N4O/c1-3-4-8-20(9-10-21)13-15-12-19(2)18-16(15)14-6-5-7-17-11-14/h5-7,11-12,21H,3-4,8-10,13H2,1-2H3. The lowest BCUT2D eigenvalue weighted by Gasteiger charge is -2.20. The van der Waals surface area contributed by atoms with E-state index >= 15 is 0 Å². The molecule has 2 heterocycles. The van der Waals surface area contributed by atoms with Gasteiger partial charge in [0.1, 0.15) is 0 Å². The Bertz CT molecular complexity index is 538. The molecule has 114 valence electrons. The predicted octanol–water partition coefficient (Wildman–Crippen LogP) is 2.08. The summed E-state index contributed by atoms with van der Waals surface area (Å²) >= 11 is 0. The molecular formula is C16H24N4O. The molecule has 5 heteroatoms. The lowest BCUT2D eigenvalue weighted by atomic mass is 10.1. The zero-order valence-corrected chi connectivity index (χ0v) is 12.9. The highest BCUT2D eigenvalue weighted by molar-refractivity contribution is 5.61. The van der Waals surface area contributed by atoms with Crippen molar-refractivity contribution in [3.05, 3.63) is 36.3 Å². The number of hydrogen-bond acceptors (Lipinski definition) is 4. The zero-order valence-electron chi connectivity index (χ0n) is 12.9. The molecule has 0 atom stereocenters. The van der Waals surface area contributed by atoms with Crippen LogP contribution in [0.15, 0.2) is 30.7 Å². The second-order valence-corrected chi connectivity index (χ2v) is 5.27. The molecule has 0 radical (unpaired) electrons. The van der Waals surface area contributed by atoms with Crippen molar-refractivity contribution in [1.29, 1.82) is 0 Å². The molecule has 2 aromatic heterocycles. The van der Waals surface area contributed by atoms with E-state index in [-0.39, 0.29) is 6.61 Å². The summed E-state index contributed by atoms with van der Waals surface area (Å²) < 4.78 is 1.84. The number of nitrogens with zero attached hydrogens (tertiary/aromatic N) is 4. The Morgan fingerprint density at radius 3 is 2.86 bits per heavy atom. The summed E-state index contributed by atoms with van der Waals surface area (Å²) in [4.78, 5) is 6.45. The van der Waals surface area contributed by atoms with Gasteiger partial charge in [0, 0.05) is 49.9 Å². The van der Waals surface area contributed by atoms with Gasteiger partial charge < -0.3 is 5.11 Å². The van der Waals surface area contributed by atoms with Crippen LogP contribution in [0.3, 0.4) is 0 Å². The minimum atomic E-state index is 0.187. The van der Waals surface area contributed by atoms with Crippen LogP contribution in [-0.4, -0.2) is 44.5 Å². The maximum absolute atomic E-state index is 9.23. The Labute approximate surface area is 126 Å². The summed E-state index contributed by atoms with van der Waals surface area (Å²) in [6, 6.07) is 3.96. The first-order valence-electron chi connectivity index (χ1n) is 7.50. The molecule has 1 N–H and O–H groups in total. The first-order chi connectivity index (χ1) is 10.2. The highest BCUT2D eigenvalue weighted by Crippen LogP contribution is 2.22. The van der Waals surface area contributed by atoms with Gasteiger partial charge in [-0.15, -0.1) is 0 Å². The van der Waals surface area contributed by atoms with Crippen molar-refractivity contribution in [3.8, 4) is 11.3 Å². The molecule has 0 saturated carbocycles. The summed E-state index contributed by atoms with van der Waals surface area (Å²) in [7, 11) is 1.94. The number of unbranched alkanes of at least 4 members (excludes halogenated alkanes) is 1. The van der Waals surface area contributed by atoms with Crippen LogP contribution in [0.2, 0.25) is 0 Å². The molecule has 0 aliphatic carbocycles. The van der Waals surface area contributed by atoms with Gasteiger partial charge in [0.15, 0.2) is 0 Å². The molecule has 5 nitrogen and oxygen atoms in total. The normalized spacial score (nSPS) is 11.2. The maximum atomic E-state index is 9.23. The Kier molecular flexibility index (Phi) is 5.90. The monoisotopic (exact) mass is 288 g/mol.